The van der Waals surface area contributed by atoms with Crippen molar-refractivity contribution in [2.75, 3.05) is 25.0 Å². The van der Waals surface area contributed by atoms with Crippen LogP contribution in [0.2, 0.25) is 0 Å². The molecule has 2 fully saturated rings. The van der Waals surface area contributed by atoms with Crippen molar-refractivity contribution < 1.29 is 19.2 Å². The van der Waals surface area contributed by atoms with Crippen molar-refractivity contribution in [1.29, 1.82) is 0 Å². The molecule has 1 aromatic rings. The van der Waals surface area contributed by atoms with E-state index in [1.54, 1.807) is 22.8 Å². The van der Waals surface area contributed by atoms with Crippen LogP contribution in [0.4, 0.5) is 5.69 Å². The van der Waals surface area contributed by atoms with Gasteiger partial charge in [-0.25, -0.2) is 0 Å². The Morgan fingerprint density at radius 2 is 1.88 bits per heavy atom. The number of imide groups is 1. The quantitative estimate of drug-likeness (QED) is 0.747. The Balaban J connectivity index is 1.43. The highest BCUT2D eigenvalue weighted by Crippen LogP contribution is 2.21. The third kappa shape index (κ3) is 3.61. The van der Waals surface area contributed by atoms with Crippen LogP contribution < -0.4 is 5.32 Å². The van der Waals surface area contributed by atoms with Gasteiger partial charge in [-0.15, -0.1) is 0 Å². The maximum absolute atomic E-state index is 12.2. The highest BCUT2D eigenvalue weighted by atomic mass is 16.2. The second-order valence-corrected chi connectivity index (χ2v) is 6.79. The molecule has 3 heterocycles. The minimum atomic E-state index is -0.253. The summed E-state index contributed by atoms with van der Waals surface area (Å²) < 4.78 is 1.68. The summed E-state index contributed by atoms with van der Waals surface area (Å²) in [6, 6.07) is 0. The molecule has 0 aromatic carbocycles. The van der Waals surface area contributed by atoms with Gasteiger partial charge in [0.15, 0.2) is 0 Å². The average molecular weight is 361 g/mol. The number of likely N-dealkylation sites (tertiary alicyclic amines) is 2. The van der Waals surface area contributed by atoms with Crippen molar-refractivity contribution in [3.05, 3.63) is 11.9 Å². The van der Waals surface area contributed by atoms with Crippen molar-refractivity contribution in [2.45, 2.75) is 32.6 Å². The number of nitrogens with one attached hydrogen (secondary N) is 1. The minimum absolute atomic E-state index is 0.105. The molecule has 2 saturated heterocycles. The topological polar surface area (TPSA) is 105 Å². The van der Waals surface area contributed by atoms with E-state index in [9.17, 15) is 19.2 Å². The maximum Gasteiger partial charge on any atom is 0.231 e. The summed E-state index contributed by atoms with van der Waals surface area (Å²) in [6.45, 7) is 2.69. The molecule has 3 rings (SSSR count). The molecule has 26 heavy (non-hydrogen) atoms. The second kappa shape index (κ2) is 7.27. The number of piperidine rings is 1. The maximum atomic E-state index is 12.2. The number of amides is 4. The van der Waals surface area contributed by atoms with Gasteiger partial charge in [-0.3, -0.25) is 28.8 Å². The van der Waals surface area contributed by atoms with Gasteiger partial charge in [0, 0.05) is 45.9 Å². The highest BCUT2D eigenvalue weighted by Gasteiger charge is 2.36. The lowest BCUT2D eigenvalue weighted by Gasteiger charge is -2.38. The molecule has 0 unspecified atom stereocenters. The molecule has 9 nitrogen and oxygen atoms in total. The fourth-order valence-electron chi connectivity index (χ4n) is 3.12. The van der Waals surface area contributed by atoms with Gasteiger partial charge >= 0.3 is 0 Å². The molecule has 9 heteroatoms. The van der Waals surface area contributed by atoms with E-state index in [1.807, 2.05) is 6.92 Å². The predicted octanol–water partition coefficient (Wildman–Crippen LogP) is 0.0546. The molecule has 2 aliphatic rings. The molecule has 1 N–H and O–H groups in total. The number of aryl methyl sites for hydroxylation is 1. The van der Waals surface area contributed by atoms with Crippen LogP contribution in [0.15, 0.2) is 6.20 Å². The first-order valence-corrected chi connectivity index (χ1v) is 8.77. The molecular formula is C17H23N5O4. The molecule has 0 bridgehead atoms. The van der Waals surface area contributed by atoms with Crippen molar-refractivity contribution in [3.8, 4) is 0 Å². The van der Waals surface area contributed by atoms with Crippen molar-refractivity contribution >= 4 is 29.3 Å². The second-order valence-electron chi connectivity index (χ2n) is 6.79. The Hall–Kier alpha value is -2.71. The molecule has 0 spiro atoms. The highest BCUT2D eigenvalue weighted by molar-refractivity contribution is 5.98. The van der Waals surface area contributed by atoms with Gasteiger partial charge in [0.2, 0.25) is 23.6 Å². The SMILES string of the molecule is Cc1c(NC(=O)C2CN(C(=O)CCN3C(=O)CCCC3=O)C2)cnn1C. The summed E-state index contributed by atoms with van der Waals surface area (Å²) in [7, 11) is 1.80. The van der Waals surface area contributed by atoms with E-state index in [1.165, 1.54) is 4.90 Å². The number of rotatable bonds is 5. The van der Waals surface area contributed by atoms with E-state index in [0.29, 0.717) is 38.0 Å². The van der Waals surface area contributed by atoms with Gasteiger partial charge in [-0.1, -0.05) is 0 Å². The zero-order valence-corrected chi connectivity index (χ0v) is 15.0. The molecule has 1 aromatic heterocycles. The summed E-state index contributed by atoms with van der Waals surface area (Å²) in [5.41, 5.74) is 1.53. The zero-order chi connectivity index (χ0) is 18.8. The molecule has 0 saturated carbocycles. The zero-order valence-electron chi connectivity index (χ0n) is 15.0. The van der Waals surface area contributed by atoms with E-state index >= 15 is 0 Å². The molecule has 0 aliphatic carbocycles. The molecule has 140 valence electrons. The molecule has 0 radical (unpaired) electrons. The molecular weight excluding hydrogens is 338 g/mol. The number of nitrogens with zero attached hydrogens (tertiary/aromatic N) is 4. The number of aromatic nitrogens is 2. The van der Waals surface area contributed by atoms with Crippen molar-refractivity contribution in [1.82, 2.24) is 19.6 Å². The number of carbonyl (C=O) groups excluding carboxylic acids is 4. The predicted molar refractivity (Wildman–Crippen MR) is 91.8 cm³/mol. The fourth-order valence-corrected chi connectivity index (χ4v) is 3.12. The van der Waals surface area contributed by atoms with Gasteiger partial charge in [-0.2, -0.15) is 5.10 Å². The normalized spacial score (nSPS) is 18.1. The van der Waals surface area contributed by atoms with Crippen LogP contribution in [0.5, 0.6) is 0 Å². The molecule has 2 aliphatic heterocycles. The van der Waals surface area contributed by atoms with E-state index in [-0.39, 0.29) is 42.5 Å². The Labute approximate surface area is 151 Å². The van der Waals surface area contributed by atoms with E-state index in [0.717, 1.165) is 5.69 Å². The molecule has 0 atom stereocenters. The van der Waals surface area contributed by atoms with Gasteiger partial charge in [0.1, 0.15) is 0 Å². The van der Waals surface area contributed by atoms with Gasteiger partial charge in [0.05, 0.1) is 23.5 Å². The van der Waals surface area contributed by atoms with E-state index < -0.39 is 0 Å². The lowest BCUT2D eigenvalue weighted by atomic mass is 9.98. The van der Waals surface area contributed by atoms with Crippen LogP contribution in [0.3, 0.4) is 0 Å². The van der Waals surface area contributed by atoms with Crippen LogP contribution >= 0.6 is 0 Å². The number of hydrogen-bond acceptors (Lipinski definition) is 5. The number of anilines is 1. The monoisotopic (exact) mass is 361 g/mol. The van der Waals surface area contributed by atoms with Gasteiger partial charge < -0.3 is 10.2 Å². The lowest BCUT2D eigenvalue weighted by Crippen LogP contribution is -2.55. The summed E-state index contributed by atoms with van der Waals surface area (Å²) >= 11 is 0. The summed E-state index contributed by atoms with van der Waals surface area (Å²) in [4.78, 5) is 50.7. The first-order chi connectivity index (χ1) is 12.4. The Morgan fingerprint density at radius 3 is 2.46 bits per heavy atom. The third-order valence-corrected chi connectivity index (χ3v) is 5.03. The van der Waals surface area contributed by atoms with Gasteiger partial charge in [-0.05, 0) is 13.3 Å². The Bertz CT molecular complexity index is 734. The van der Waals surface area contributed by atoms with Crippen molar-refractivity contribution in [3.63, 3.8) is 0 Å². The lowest BCUT2D eigenvalue weighted by molar-refractivity contribution is -0.148. The van der Waals surface area contributed by atoms with Crippen molar-refractivity contribution in [2.24, 2.45) is 13.0 Å². The van der Waals surface area contributed by atoms with E-state index in [2.05, 4.69) is 10.4 Å². The van der Waals surface area contributed by atoms with Crippen LogP contribution in [-0.4, -0.2) is 62.8 Å². The molecule has 4 amide bonds. The smallest absolute Gasteiger partial charge is 0.231 e. The summed E-state index contributed by atoms with van der Waals surface area (Å²) in [5.74, 6) is -0.940. The van der Waals surface area contributed by atoms with Crippen LogP contribution in [0.1, 0.15) is 31.4 Å². The van der Waals surface area contributed by atoms with E-state index in [4.69, 9.17) is 0 Å². The Morgan fingerprint density at radius 1 is 1.23 bits per heavy atom. The van der Waals surface area contributed by atoms with Crippen LogP contribution in [0, 0.1) is 12.8 Å². The Kier molecular flexibility index (Phi) is 5.06. The standard InChI is InChI=1S/C17H23N5O4/c1-11-13(8-18-20(11)2)19-17(26)12-9-21(10-12)14(23)6-7-22-15(24)4-3-5-16(22)25/h8,12H,3-7,9-10H2,1-2H3,(H,19,26). The fraction of sp³-hybridized carbons (Fsp3) is 0.588. The van der Waals surface area contributed by atoms with Crippen LogP contribution in [-0.2, 0) is 26.2 Å². The average Bonchev–Trinajstić information content (AvgIpc) is 2.85. The summed E-state index contributed by atoms with van der Waals surface area (Å²) in [5, 5.41) is 6.90. The largest absolute Gasteiger partial charge is 0.341 e. The summed E-state index contributed by atoms with van der Waals surface area (Å²) in [6.07, 6.45) is 3.01. The third-order valence-electron chi connectivity index (χ3n) is 5.03. The first-order valence-electron chi connectivity index (χ1n) is 8.77. The number of hydrogen-bond donors (Lipinski definition) is 1. The van der Waals surface area contributed by atoms with Crippen LogP contribution in [0.25, 0.3) is 0 Å². The minimum Gasteiger partial charge on any atom is -0.341 e. The first kappa shape index (κ1) is 18.1. The van der Waals surface area contributed by atoms with Gasteiger partial charge in [0.25, 0.3) is 0 Å². The number of carbonyl (C=O) groups is 4.